The third-order valence-corrected chi connectivity index (χ3v) is 4.08. The predicted molar refractivity (Wildman–Crippen MR) is 86.9 cm³/mol. The SMILES string of the molecule is CC(C)Sc1ccc([C@H](C)NCc2ccccn2)cc1. The van der Waals surface area contributed by atoms with Crippen LogP contribution in [0.2, 0.25) is 0 Å². The summed E-state index contributed by atoms with van der Waals surface area (Å²) in [6.45, 7) is 7.42. The molecule has 3 heteroatoms. The predicted octanol–water partition coefficient (Wildman–Crippen LogP) is 4.43. The Kier molecular flexibility index (Phi) is 5.62. The second kappa shape index (κ2) is 7.46. The van der Waals surface area contributed by atoms with E-state index in [1.165, 1.54) is 10.5 Å². The summed E-state index contributed by atoms with van der Waals surface area (Å²) in [5.41, 5.74) is 2.39. The molecule has 0 aliphatic carbocycles. The highest BCUT2D eigenvalue weighted by atomic mass is 32.2. The van der Waals surface area contributed by atoms with Crippen LogP contribution in [0.5, 0.6) is 0 Å². The maximum absolute atomic E-state index is 4.33. The first-order valence-corrected chi connectivity index (χ1v) is 7.93. The average Bonchev–Trinajstić information content (AvgIpc) is 2.46. The molecule has 2 nitrogen and oxygen atoms in total. The van der Waals surface area contributed by atoms with Crippen molar-refractivity contribution < 1.29 is 0 Å². The van der Waals surface area contributed by atoms with Gasteiger partial charge in [0, 0.05) is 28.9 Å². The Labute approximate surface area is 126 Å². The lowest BCUT2D eigenvalue weighted by molar-refractivity contribution is 0.567. The van der Waals surface area contributed by atoms with Crippen LogP contribution in [0.15, 0.2) is 53.6 Å². The van der Waals surface area contributed by atoms with Gasteiger partial charge in [0.15, 0.2) is 0 Å². The van der Waals surface area contributed by atoms with Crippen molar-refractivity contribution in [1.82, 2.24) is 10.3 Å². The Morgan fingerprint density at radius 3 is 2.40 bits per heavy atom. The normalized spacial score (nSPS) is 12.6. The van der Waals surface area contributed by atoms with Gasteiger partial charge in [-0.05, 0) is 36.8 Å². The maximum atomic E-state index is 4.33. The van der Waals surface area contributed by atoms with Crippen LogP contribution in [0.3, 0.4) is 0 Å². The van der Waals surface area contributed by atoms with Crippen molar-refractivity contribution in [1.29, 1.82) is 0 Å². The number of nitrogens with one attached hydrogen (secondary N) is 1. The number of thioether (sulfide) groups is 1. The minimum atomic E-state index is 0.329. The summed E-state index contributed by atoms with van der Waals surface area (Å²) in [5.74, 6) is 0. The van der Waals surface area contributed by atoms with E-state index in [2.05, 4.69) is 55.3 Å². The molecule has 0 aliphatic heterocycles. The summed E-state index contributed by atoms with van der Waals surface area (Å²) in [4.78, 5) is 5.66. The molecule has 1 aromatic heterocycles. The topological polar surface area (TPSA) is 24.9 Å². The minimum Gasteiger partial charge on any atom is -0.305 e. The summed E-state index contributed by atoms with van der Waals surface area (Å²) in [5, 5.41) is 4.13. The third kappa shape index (κ3) is 4.66. The monoisotopic (exact) mass is 286 g/mol. The van der Waals surface area contributed by atoms with Gasteiger partial charge in [0.2, 0.25) is 0 Å². The molecule has 1 heterocycles. The highest BCUT2D eigenvalue weighted by Crippen LogP contribution is 2.24. The first-order chi connectivity index (χ1) is 9.65. The first kappa shape index (κ1) is 15.1. The van der Waals surface area contributed by atoms with Crippen molar-refractivity contribution in [3.05, 3.63) is 59.9 Å². The van der Waals surface area contributed by atoms with Gasteiger partial charge in [0.05, 0.1) is 5.69 Å². The largest absolute Gasteiger partial charge is 0.305 e. The van der Waals surface area contributed by atoms with Gasteiger partial charge in [-0.25, -0.2) is 0 Å². The van der Waals surface area contributed by atoms with E-state index in [1.807, 2.05) is 36.2 Å². The van der Waals surface area contributed by atoms with Crippen molar-refractivity contribution in [2.75, 3.05) is 0 Å². The average molecular weight is 286 g/mol. The quantitative estimate of drug-likeness (QED) is 0.795. The number of hydrogen-bond acceptors (Lipinski definition) is 3. The second-order valence-electron chi connectivity index (χ2n) is 5.16. The van der Waals surface area contributed by atoms with Crippen LogP contribution >= 0.6 is 11.8 Å². The molecule has 0 bridgehead atoms. The van der Waals surface area contributed by atoms with Gasteiger partial charge in [0.1, 0.15) is 0 Å². The highest BCUT2D eigenvalue weighted by molar-refractivity contribution is 7.99. The molecule has 0 unspecified atom stereocenters. The van der Waals surface area contributed by atoms with Gasteiger partial charge in [-0.3, -0.25) is 4.98 Å². The summed E-state index contributed by atoms with van der Waals surface area (Å²) >= 11 is 1.90. The molecule has 2 rings (SSSR count). The van der Waals surface area contributed by atoms with Crippen LogP contribution in [-0.4, -0.2) is 10.2 Å². The van der Waals surface area contributed by atoms with E-state index in [9.17, 15) is 0 Å². The van der Waals surface area contributed by atoms with E-state index >= 15 is 0 Å². The molecule has 0 fully saturated rings. The Balaban J connectivity index is 1.90. The fraction of sp³-hybridized carbons (Fsp3) is 0.353. The molecular formula is C17H22N2S. The number of rotatable bonds is 6. The Morgan fingerprint density at radius 2 is 1.80 bits per heavy atom. The van der Waals surface area contributed by atoms with Gasteiger partial charge in [-0.1, -0.05) is 32.0 Å². The van der Waals surface area contributed by atoms with Gasteiger partial charge in [0.25, 0.3) is 0 Å². The second-order valence-corrected chi connectivity index (χ2v) is 6.81. The minimum absolute atomic E-state index is 0.329. The zero-order chi connectivity index (χ0) is 14.4. The summed E-state index contributed by atoms with van der Waals surface area (Å²) in [6, 6.07) is 15.2. The van der Waals surface area contributed by atoms with Crippen molar-refractivity contribution in [2.45, 2.75) is 43.5 Å². The van der Waals surface area contributed by atoms with Gasteiger partial charge >= 0.3 is 0 Å². The number of nitrogens with zero attached hydrogens (tertiary/aromatic N) is 1. The van der Waals surface area contributed by atoms with Crippen molar-refractivity contribution in [3.63, 3.8) is 0 Å². The van der Waals surface area contributed by atoms with E-state index in [-0.39, 0.29) is 0 Å². The lowest BCUT2D eigenvalue weighted by Gasteiger charge is -2.14. The molecule has 0 saturated carbocycles. The fourth-order valence-corrected chi connectivity index (χ4v) is 2.82. The lowest BCUT2D eigenvalue weighted by Crippen LogP contribution is -2.18. The Morgan fingerprint density at radius 1 is 1.05 bits per heavy atom. The summed E-state index contributed by atoms with van der Waals surface area (Å²) in [7, 11) is 0. The van der Waals surface area contributed by atoms with E-state index in [1.54, 1.807) is 0 Å². The van der Waals surface area contributed by atoms with Gasteiger partial charge < -0.3 is 5.32 Å². The fourth-order valence-electron chi connectivity index (χ4n) is 1.99. The van der Waals surface area contributed by atoms with E-state index in [0.29, 0.717) is 11.3 Å². The maximum Gasteiger partial charge on any atom is 0.0541 e. The molecule has 1 aromatic carbocycles. The number of pyridine rings is 1. The van der Waals surface area contributed by atoms with Crippen LogP contribution in [-0.2, 0) is 6.54 Å². The van der Waals surface area contributed by atoms with Crippen LogP contribution in [0.1, 0.15) is 38.1 Å². The molecule has 106 valence electrons. The molecule has 0 saturated heterocycles. The molecule has 1 atom stereocenters. The Hall–Kier alpha value is -1.32. The van der Waals surface area contributed by atoms with Crippen LogP contribution in [0.25, 0.3) is 0 Å². The molecule has 0 radical (unpaired) electrons. The van der Waals surface area contributed by atoms with Crippen molar-refractivity contribution >= 4 is 11.8 Å². The summed E-state index contributed by atoms with van der Waals surface area (Å²) in [6.07, 6.45) is 1.83. The Bertz CT molecular complexity index is 508. The molecule has 2 aromatic rings. The van der Waals surface area contributed by atoms with Crippen LogP contribution in [0.4, 0.5) is 0 Å². The smallest absolute Gasteiger partial charge is 0.0541 e. The van der Waals surface area contributed by atoms with Crippen molar-refractivity contribution in [2.24, 2.45) is 0 Å². The number of benzene rings is 1. The number of aromatic nitrogens is 1. The van der Waals surface area contributed by atoms with E-state index in [0.717, 1.165) is 12.2 Å². The van der Waals surface area contributed by atoms with Crippen LogP contribution in [0, 0.1) is 0 Å². The molecule has 1 N–H and O–H groups in total. The lowest BCUT2D eigenvalue weighted by atomic mass is 10.1. The molecule has 20 heavy (non-hydrogen) atoms. The molecule has 0 amide bonds. The van der Waals surface area contributed by atoms with Crippen LogP contribution < -0.4 is 5.32 Å². The van der Waals surface area contributed by atoms with Gasteiger partial charge in [-0.2, -0.15) is 0 Å². The number of hydrogen-bond donors (Lipinski definition) is 1. The van der Waals surface area contributed by atoms with Gasteiger partial charge in [-0.15, -0.1) is 11.8 Å². The van der Waals surface area contributed by atoms with E-state index in [4.69, 9.17) is 0 Å². The zero-order valence-electron chi connectivity index (χ0n) is 12.3. The zero-order valence-corrected chi connectivity index (χ0v) is 13.2. The standard InChI is InChI=1S/C17H22N2S/c1-13(2)20-17-9-7-15(8-10-17)14(3)19-12-16-6-4-5-11-18-16/h4-11,13-14,19H,12H2,1-3H3/t14-/m0/s1. The molecule has 0 aliphatic rings. The van der Waals surface area contributed by atoms with E-state index < -0.39 is 0 Å². The van der Waals surface area contributed by atoms with Crippen molar-refractivity contribution in [3.8, 4) is 0 Å². The first-order valence-electron chi connectivity index (χ1n) is 7.05. The third-order valence-electron chi connectivity index (χ3n) is 3.07. The molecule has 0 spiro atoms. The summed E-state index contributed by atoms with van der Waals surface area (Å²) < 4.78 is 0. The molecular weight excluding hydrogens is 264 g/mol. The highest BCUT2D eigenvalue weighted by Gasteiger charge is 2.06.